The predicted octanol–water partition coefficient (Wildman–Crippen LogP) is 5.04. The average molecular weight is 485 g/mol. The standard InChI is InChI=1S/C15H7F12N5/c16-12(17,18)6-7(13(19,20)21)30-10(29-6)4-2-1-3-5(28-4)11-31-8(14(22,23)24)9(32-11)15(25,26)27/h1-3,10,29-30H,(H,31,32). The van der Waals surface area contributed by atoms with Gasteiger partial charge in [0.15, 0.2) is 17.2 Å². The van der Waals surface area contributed by atoms with Gasteiger partial charge in [0, 0.05) is 0 Å². The second-order valence-electron chi connectivity index (χ2n) is 6.22. The van der Waals surface area contributed by atoms with E-state index < -0.39 is 70.9 Å². The van der Waals surface area contributed by atoms with Crippen LogP contribution in [0.15, 0.2) is 29.6 Å². The molecule has 17 heteroatoms. The lowest BCUT2D eigenvalue weighted by Gasteiger charge is -2.15. The molecule has 3 rings (SSSR count). The van der Waals surface area contributed by atoms with Crippen LogP contribution in [0, 0.1) is 0 Å². The first kappa shape index (κ1) is 23.5. The number of hydrogen-bond donors (Lipinski definition) is 3. The van der Waals surface area contributed by atoms with Crippen molar-refractivity contribution in [3.8, 4) is 11.5 Å². The molecule has 0 fully saturated rings. The van der Waals surface area contributed by atoms with Crippen LogP contribution in [0.5, 0.6) is 0 Å². The Bertz CT molecular complexity index is 983. The minimum absolute atomic E-state index is 0.595. The lowest BCUT2D eigenvalue weighted by atomic mass is 10.2. The van der Waals surface area contributed by atoms with E-state index in [1.54, 1.807) is 0 Å². The quantitative estimate of drug-likeness (QED) is 0.522. The summed E-state index contributed by atoms with van der Waals surface area (Å²) >= 11 is 0. The van der Waals surface area contributed by atoms with Gasteiger partial charge in [-0.15, -0.1) is 0 Å². The fourth-order valence-corrected chi connectivity index (χ4v) is 2.71. The summed E-state index contributed by atoms with van der Waals surface area (Å²) in [6.45, 7) is 0. The SMILES string of the molecule is FC(F)(F)C1=C(C(F)(F)F)NC(c2cccc(-c3nc(C(F)(F)F)c(C(F)(F)F)[nH]3)n2)N1. The summed E-state index contributed by atoms with van der Waals surface area (Å²) in [5.74, 6) is -1.05. The molecule has 176 valence electrons. The van der Waals surface area contributed by atoms with Gasteiger partial charge in [-0.2, -0.15) is 52.7 Å². The predicted molar refractivity (Wildman–Crippen MR) is 80.0 cm³/mol. The summed E-state index contributed by atoms with van der Waals surface area (Å²) in [7, 11) is 0. The number of halogens is 12. The van der Waals surface area contributed by atoms with Crippen LogP contribution in [-0.4, -0.2) is 27.3 Å². The molecule has 32 heavy (non-hydrogen) atoms. The molecule has 3 heterocycles. The Labute approximate surface area is 168 Å². The van der Waals surface area contributed by atoms with Gasteiger partial charge in [-0.05, 0) is 12.1 Å². The number of H-pyrrole nitrogens is 1. The van der Waals surface area contributed by atoms with E-state index in [2.05, 4.69) is 9.97 Å². The lowest BCUT2D eigenvalue weighted by molar-refractivity contribution is -0.165. The molecule has 0 radical (unpaired) electrons. The summed E-state index contributed by atoms with van der Waals surface area (Å²) in [6.07, 6.45) is -23.8. The molecule has 0 spiro atoms. The summed E-state index contributed by atoms with van der Waals surface area (Å²) < 4.78 is 155. The van der Waals surface area contributed by atoms with E-state index in [1.165, 1.54) is 15.6 Å². The van der Waals surface area contributed by atoms with E-state index in [4.69, 9.17) is 0 Å². The van der Waals surface area contributed by atoms with E-state index >= 15 is 0 Å². The number of hydrogen-bond acceptors (Lipinski definition) is 4. The molecule has 0 amide bonds. The maximum absolute atomic E-state index is 12.9. The van der Waals surface area contributed by atoms with Crippen LogP contribution < -0.4 is 10.6 Å². The molecular weight excluding hydrogens is 478 g/mol. The number of imidazole rings is 1. The van der Waals surface area contributed by atoms with Crippen molar-refractivity contribution in [1.82, 2.24) is 25.6 Å². The first-order valence-corrected chi connectivity index (χ1v) is 8.02. The molecule has 5 nitrogen and oxygen atoms in total. The highest BCUT2D eigenvalue weighted by molar-refractivity contribution is 5.52. The molecule has 0 atom stereocenters. The average Bonchev–Trinajstić information content (AvgIpc) is 3.26. The zero-order valence-electron chi connectivity index (χ0n) is 14.7. The largest absolute Gasteiger partial charge is 0.435 e. The molecule has 0 bridgehead atoms. The van der Waals surface area contributed by atoms with Crippen LogP contribution in [-0.2, 0) is 12.4 Å². The van der Waals surface area contributed by atoms with Crippen molar-refractivity contribution < 1.29 is 52.7 Å². The van der Waals surface area contributed by atoms with Gasteiger partial charge >= 0.3 is 24.7 Å². The molecule has 3 N–H and O–H groups in total. The molecule has 1 aliphatic rings. The highest BCUT2D eigenvalue weighted by Crippen LogP contribution is 2.41. The lowest BCUT2D eigenvalue weighted by Crippen LogP contribution is -2.29. The van der Waals surface area contributed by atoms with Crippen molar-refractivity contribution in [2.24, 2.45) is 0 Å². The van der Waals surface area contributed by atoms with Crippen molar-refractivity contribution in [2.45, 2.75) is 30.9 Å². The van der Waals surface area contributed by atoms with Crippen molar-refractivity contribution in [1.29, 1.82) is 0 Å². The molecule has 2 aromatic rings. The van der Waals surface area contributed by atoms with Crippen LogP contribution in [0.1, 0.15) is 23.2 Å². The number of pyridine rings is 1. The first-order chi connectivity index (χ1) is 14.4. The van der Waals surface area contributed by atoms with Gasteiger partial charge in [0.25, 0.3) is 0 Å². The molecule has 0 saturated carbocycles. The van der Waals surface area contributed by atoms with Gasteiger partial charge in [-0.1, -0.05) is 6.07 Å². The van der Waals surface area contributed by atoms with E-state index in [1.807, 2.05) is 0 Å². The second kappa shape index (κ2) is 7.19. The minimum atomic E-state index is -5.51. The normalized spacial score (nSPS) is 16.4. The molecule has 1 aliphatic heterocycles. The number of alkyl halides is 12. The third-order valence-electron chi connectivity index (χ3n) is 3.96. The Morgan fingerprint density at radius 2 is 1.19 bits per heavy atom. The van der Waals surface area contributed by atoms with E-state index in [0.717, 1.165) is 18.2 Å². The number of rotatable bonds is 2. The van der Waals surface area contributed by atoms with Gasteiger partial charge in [-0.3, -0.25) is 0 Å². The van der Waals surface area contributed by atoms with Gasteiger partial charge in [0.2, 0.25) is 0 Å². The van der Waals surface area contributed by atoms with Gasteiger partial charge in [-0.25, -0.2) is 9.97 Å². The molecule has 0 aliphatic carbocycles. The maximum atomic E-state index is 12.9. The van der Waals surface area contributed by atoms with Crippen LogP contribution in [0.2, 0.25) is 0 Å². The molecule has 0 aromatic carbocycles. The maximum Gasteiger partial charge on any atom is 0.435 e. The number of nitrogens with one attached hydrogen (secondary N) is 3. The minimum Gasteiger partial charge on any atom is -0.355 e. The molecule has 2 aromatic heterocycles. The first-order valence-electron chi connectivity index (χ1n) is 8.02. The van der Waals surface area contributed by atoms with Crippen molar-refractivity contribution in [3.05, 3.63) is 46.7 Å². The fourth-order valence-electron chi connectivity index (χ4n) is 2.71. The van der Waals surface area contributed by atoms with Crippen LogP contribution >= 0.6 is 0 Å². The molecular formula is C15H7F12N5. The summed E-state index contributed by atoms with van der Waals surface area (Å²) in [6, 6.07) is 2.71. The summed E-state index contributed by atoms with van der Waals surface area (Å²) in [4.78, 5) is 7.78. The zero-order chi connectivity index (χ0) is 24.3. The number of aromatic amines is 1. The number of allylic oxidation sites excluding steroid dienone is 2. The van der Waals surface area contributed by atoms with Crippen molar-refractivity contribution in [2.75, 3.05) is 0 Å². The highest BCUT2D eigenvalue weighted by atomic mass is 19.4. The smallest absolute Gasteiger partial charge is 0.355 e. The number of nitrogens with zero attached hydrogens (tertiary/aromatic N) is 2. The third-order valence-corrected chi connectivity index (χ3v) is 3.96. The zero-order valence-corrected chi connectivity index (χ0v) is 14.7. The summed E-state index contributed by atoms with van der Waals surface area (Å²) in [5, 5.41) is 3.04. The van der Waals surface area contributed by atoms with Crippen LogP contribution in [0.4, 0.5) is 52.7 Å². The van der Waals surface area contributed by atoms with E-state index in [-0.39, 0.29) is 0 Å². The second-order valence-corrected chi connectivity index (χ2v) is 6.22. The molecule has 0 unspecified atom stereocenters. The van der Waals surface area contributed by atoms with Crippen molar-refractivity contribution >= 4 is 0 Å². The fraction of sp³-hybridized carbons (Fsp3) is 0.333. The summed E-state index contributed by atoms with van der Waals surface area (Å²) in [5.41, 5.74) is -10.2. The van der Waals surface area contributed by atoms with Gasteiger partial charge in [0.1, 0.15) is 23.3 Å². The topological polar surface area (TPSA) is 65.6 Å². The van der Waals surface area contributed by atoms with Gasteiger partial charge in [0.05, 0.1) is 5.69 Å². The number of aromatic nitrogens is 3. The van der Waals surface area contributed by atoms with E-state index in [9.17, 15) is 52.7 Å². The Morgan fingerprint density at radius 1 is 0.656 bits per heavy atom. The Balaban J connectivity index is 2.00. The Kier molecular flexibility index (Phi) is 5.29. The Morgan fingerprint density at radius 3 is 1.59 bits per heavy atom. The van der Waals surface area contributed by atoms with Gasteiger partial charge < -0.3 is 15.6 Å². The van der Waals surface area contributed by atoms with Crippen LogP contribution in [0.3, 0.4) is 0 Å². The molecule has 0 saturated heterocycles. The van der Waals surface area contributed by atoms with Crippen LogP contribution in [0.25, 0.3) is 11.5 Å². The monoisotopic (exact) mass is 485 g/mol. The third kappa shape index (κ3) is 4.55. The van der Waals surface area contributed by atoms with Crippen molar-refractivity contribution in [3.63, 3.8) is 0 Å². The highest BCUT2D eigenvalue weighted by Gasteiger charge is 2.51. The Hall–Kier alpha value is -3.14. The van der Waals surface area contributed by atoms with E-state index in [0.29, 0.717) is 0 Å².